The van der Waals surface area contributed by atoms with Crippen LogP contribution < -0.4 is 5.32 Å². The summed E-state index contributed by atoms with van der Waals surface area (Å²) in [5, 5.41) is 14.9. The molecule has 0 radical (unpaired) electrons. The molecule has 2 aromatic rings. The molecule has 0 spiro atoms. The minimum absolute atomic E-state index is 0.0327. The van der Waals surface area contributed by atoms with Crippen LogP contribution in [0.15, 0.2) is 42.5 Å². The van der Waals surface area contributed by atoms with Crippen LogP contribution in [0.5, 0.6) is 0 Å². The van der Waals surface area contributed by atoms with Crippen LogP contribution in [-0.2, 0) is 21.3 Å². The molecule has 1 saturated heterocycles. The highest BCUT2D eigenvalue weighted by molar-refractivity contribution is 5.71. The normalized spacial score (nSPS) is 19.2. The number of benzene rings is 2. The van der Waals surface area contributed by atoms with Crippen LogP contribution in [0.25, 0.3) is 11.1 Å². The molecule has 2 N–H and O–H groups in total. The monoisotopic (exact) mass is 441 g/mol. The molecule has 0 bridgehead atoms. The first-order valence-corrected chi connectivity index (χ1v) is 10.3. The third kappa shape index (κ3) is 5.26. The van der Waals surface area contributed by atoms with Gasteiger partial charge in [0.15, 0.2) is 0 Å². The lowest BCUT2D eigenvalue weighted by molar-refractivity contribution is -0.152. The lowest BCUT2D eigenvalue weighted by atomic mass is 9.76. The Kier molecular flexibility index (Phi) is 7.69. The lowest BCUT2D eigenvalue weighted by Crippen LogP contribution is -2.52. The topological polar surface area (TPSA) is 50.7 Å². The summed E-state index contributed by atoms with van der Waals surface area (Å²) in [4.78, 5) is 0. The highest BCUT2D eigenvalue weighted by Gasteiger charge is 2.48. The largest absolute Gasteiger partial charge is 0.416 e. The molecule has 0 amide bonds. The second-order valence-electron chi connectivity index (χ2n) is 7.65. The highest BCUT2D eigenvalue weighted by atomic mass is 19.4. The molecule has 31 heavy (non-hydrogen) atoms. The first-order chi connectivity index (χ1) is 14.8. The standard InChI is InChI=1S/C23H27F4NO3/c1-30-13-6-5-11-22(29,19-15-28-12-14-31-19)21-17(23(25,26)27)9-10-18(24)20(21)16-7-3-2-4-8-16/h2-4,7-10,19,28-29H,5-6,11-15H2,1H3/t19-,22?/m1/s1. The van der Waals surface area contributed by atoms with E-state index in [9.17, 15) is 18.3 Å². The summed E-state index contributed by atoms with van der Waals surface area (Å²) < 4.78 is 68.2. The number of methoxy groups -OCH3 is 1. The van der Waals surface area contributed by atoms with Crippen LogP contribution >= 0.6 is 0 Å². The molecule has 8 heteroatoms. The third-order valence-corrected chi connectivity index (χ3v) is 5.57. The molecule has 2 aromatic carbocycles. The molecular formula is C23H27F4NO3. The maximum atomic E-state index is 15.1. The Hall–Kier alpha value is -2.00. The summed E-state index contributed by atoms with van der Waals surface area (Å²) in [5.41, 5.74) is -3.58. The van der Waals surface area contributed by atoms with Crippen molar-refractivity contribution in [3.8, 4) is 11.1 Å². The number of rotatable bonds is 8. The zero-order valence-electron chi connectivity index (χ0n) is 17.3. The summed E-state index contributed by atoms with van der Waals surface area (Å²) in [6.45, 7) is 1.32. The first kappa shape index (κ1) is 23.7. The van der Waals surface area contributed by atoms with Crippen molar-refractivity contribution in [2.75, 3.05) is 33.4 Å². The van der Waals surface area contributed by atoms with Gasteiger partial charge in [0.2, 0.25) is 0 Å². The molecular weight excluding hydrogens is 414 g/mol. The highest BCUT2D eigenvalue weighted by Crippen LogP contribution is 2.47. The minimum atomic E-state index is -4.78. The quantitative estimate of drug-likeness (QED) is 0.468. The molecule has 2 atom stereocenters. The van der Waals surface area contributed by atoms with Crippen molar-refractivity contribution in [2.45, 2.75) is 37.1 Å². The Morgan fingerprint density at radius 2 is 1.87 bits per heavy atom. The van der Waals surface area contributed by atoms with E-state index in [0.29, 0.717) is 32.1 Å². The molecule has 0 aliphatic carbocycles. The van der Waals surface area contributed by atoms with Crippen LogP contribution in [0.1, 0.15) is 30.4 Å². The number of unbranched alkanes of at least 4 members (excludes halogenated alkanes) is 1. The fourth-order valence-corrected chi connectivity index (χ4v) is 4.11. The van der Waals surface area contributed by atoms with Gasteiger partial charge in [0.1, 0.15) is 17.5 Å². The number of alkyl halides is 3. The number of nitrogens with one attached hydrogen (secondary N) is 1. The lowest BCUT2D eigenvalue weighted by Gasteiger charge is -2.41. The fraction of sp³-hybridized carbons (Fsp3) is 0.478. The molecule has 1 unspecified atom stereocenters. The SMILES string of the molecule is COCCCCC(O)(c1c(C(F)(F)F)ccc(F)c1-c1ccccc1)[C@H]1CNCCO1. The molecule has 1 aliphatic heterocycles. The maximum Gasteiger partial charge on any atom is 0.416 e. The Morgan fingerprint density at radius 1 is 1.13 bits per heavy atom. The van der Waals surface area contributed by atoms with E-state index in [1.165, 1.54) is 19.2 Å². The molecule has 4 nitrogen and oxygen atoms in total. The third-order valence-electron chi connectivity index (χ3n) is 5.57. The predicted octanol–water partition coefficient (Wildman–Crippen LogP) is 4.50. The van der Waals surface area contributed by atoms with Crippen LogP contribution in [0, 0.1) is 5.82 Å². The van der Waals surface area contributed by atoms with Gasteiger partial charge in [0.05, 0.1) is 12.2 Å². The van der Waals surface area contributed by atoms with Gasteiger partial charge in [-0.1, -0.05) is 30.3 Å². The summed E-state index contributed by atoms with van der Waals surface area (Å²) >= 11 is 0. The number of ether oxygens (including phenoxy) is 2. The minimum Gasteiger partial charge on any atom is -0.385 e. The van der Waals surface area contributed by atoms with Gasteiger partial charge in [-0.25, -0.2) is 4.39 Å². The molecule has 1 heterocycles. The second-order valence-corrected chi connectivity index (χ2v) is 7.65. The Morgan fingerprint density at radius 3 is 2.48 bits per heavy atom. The van der Waals surface area contributed by atoms with Crippen LogP contribution in [0.2, 0.25) is 0 Å². The summed E-state index contributed by atoms with van der Waals surface area (Å²) in [7, 11) is 1.53. The van der Waals surface area contributed by atoms with Gasteiger partial charge in [-0.15, -0.1) is 0 Å². The zero-order chi connectivity index (χ0) is 22.5. The maximum absolute atomic E-state index is 15.1. The van der Waals surface area contributed by atoms with Gasteiger partial charge in [-0.2, -0.15) is 13.2 Å². The fourth-order valence-electron chi connectivity index (χ4n) is 4.11. The number of hydrogen-bond acceptors (Lipinski definition) is 4. The number of halogens is 4. The summed E-state index contributed by atoms with van der Waals surface area (Å²) in [6, 6.07) is 9.51. The van der Waals surface area contributed by atoms with E-state index in [-0.39, 0.29) is 30.7 Å². The Labute approximate surface area is 179 Å². The van der Waals surface area contributed by atoms with E-state index in [1.807, 2.05) is 0 Å². The summed E-state index contributed by atoms with van der Waals surface area (Å²) in [6.07, 6.45) is -4.86. The molecule has 1 fully saturated rings. The van der Waals surface area contributed by atoms with E-state index in [0.717, 1.165) is 6.07 Å². The van der Waals surface area contributed by atoms with Crippen molar-refractivity contribution in [1.29, 1.82) is 0 Å². The van der Waals surface area contributed by atoms with Gasteiger partial charge in [-0.3, -0.25) is 0 Å². The molecule has 3 rings (SSSR count). The first-order valence-electron chi connectivity index (χ1n) is 10.3. The number of aliphatic hydroxyl groups is 1. The Balaban J connectivity index is 2.23. The van der Waals surface area contributed by atoms with E-state index < -0.39 is 34.8 Å². The molecule has 0 aromatic heterocycles. The van der Waals surface area contributed by atoms with Crippen molar-refractivity contribution >= 4 is 0 Å². The van der Waals surface area contributed by atoms with E-state index >= 15 is 4.39 Å². The zero-order valence-corrected chi connectivity index (χ0v) is 17.3. The van der Waals surface area contributed by atoms with Gasteiger partial charge < -0.3 is 19.9 Å². The van der Waals surface area contributed by atoms with Gasteiger partial charge in [0.25, 0.3) is 0 Å². The van der Waals surface area contributed by atoms with E-state index in [2.05, 4.69) is 5.32 Å². The van der Waals surface area contributed by atoms with Crippen LogP contribution in [-0.4, -0.2) is 44.6 Å². The van der Waals surface area contributed by atoms with E-state index in [1.54, 1.807) is 18.2 Å². The van der Waals surface area contributed by atoms with Crippen molar-refractivity contribution in [3.05, 3.63) is 59.4 Å². The molecule has 1 aliphatic rings. The van der Waals surface area contributed by atoms with Gasteiger partial charge >= 0.3 is 6.18 Å². The average molecular weight is 441 g/mol. The number of morpholine rings is 1. The van der Waals surface area contributed by atoms with Crippen molar-refractivity contribution < 1.29 is 32.1 Å². The smallest absolute Gasteiger partial charge is 0.385 e. The van der Waals surface area contributed by atoms with Crippen molar-refractivity contribution in [1.82, 2.24) is 5.32 Å². The Bertz CT molecular complexity index is 854. The summed E-state index contributed by atoms with van der Waals surface area (Å²) in [5.74, 6) is -0.826. The van der Waals surface area contributed by atoms with E-state index in [4.69, 9.17) is 9.47 Å². The van der Waals surface area contributed by atoms with Crippen LogP contribution in [0.4, 0.5) is 17.6 Å². The van der Waals surface area contributed by atoms with Gasteiger partial charge in [-0.05, 0) is 37.0 Å². The predicted molar refractivity (Wildman–Crippen MR) is 109 cm³/mol. The van der Waals surface area contributed by atoms with Gasteiger partial charge in [0, 0.05) is 37.9 Å². The average Bonchev–Trinajstić information content (AvgIpc) is 2.76. The number of hydrogen-bond donors (Lipinski definition) is 2. The van der Waals surface area contributed by atoms with Crippen LogP contribution in [0.3, 0.4) is 0 Å². The van der Waals surface area contributed by atoms with Crippen molar-refractivity contribution in [3.63, 3.8) is 0 Å². The van der Waals surface area contributed by atoms with Crippen molar-refractivity contribution in [2.24, 2.45) is 0 Å². The second kappa shape index (κ2) is 10.1. The molecule has 0 saturated carbocycles. The molecule has 170 valence electrons.